The molecule has 1 aromatic rings. The normalized spacial score (nSPS) is 12.2. The Morgan fingerprint density at radius 2 is 2.22 bits per heavy atom. The summed E-state index contributed by atoms with van der Waals surface area (Å²) in [5, 5.41) is 12.4. The molecule has 1 unspecified atom stereocenters. The summed E-state index contributed by atoms with van der Waals surface area (Å²) in [7, 11) is 0. The number of carbonyl (C=O) groups excluding carboxylic acids is 1. The van der Waals surface area contributed by atoms with Crippen molar-refractivity contribution in [3.8, 4) is 5.75 Å². The number of rotatable bonds is 6. The van der Waals surface area contributed by atoms with E-state index in [1.54, 1.807) is 0 Å². The Labute approximate surface area is 105 Å². The van der Waals surface area contributed by atoms with Crippen LogP contribution < -0.4 is 10.1 Å². The molecule has 0 aromatic carbocycles. The van der Waals surface area contributed by atoms with Crippen LogP contribution in [0.1, 0.15) is 23.0 Å². The molecule has 18 heavy (non-hydrogen) atoms. The maximum absolute atomic E-state index is 12.0. The predicted molar refractivity (Wildman–Crippen MR) is 60.1 cm³/mol. The first-order valence-corrected chi connectivity index (χ1v) is 5.83. The molecule has 8 heteroatoms. The maximum Gasteiger partial charge on any atom is 0.387 e. The second-order valence-corrected chi connectivity index (χ2v) is 4.38. The summed E-state index contributed by atoms with van der Waals surface area (Å²) in [4.78, 5) is 22.1. The van der Waals surface area contributed by atoms with Crippen LogP contribution in [0.15, 0.2) is 11.4 Å². The summed E-state index contributed by atoms with van der Waals surface area (Å²) in [6, 6.07) is 0.657. The van der Waals surface area contributed by atoms with Crippen molar-refractivity contribution in [3.63, 3.8) is 0 Å². The van der Waals surface area contributed by atoms with Gasteiger partial charge < -0.3 is 15.2 Å². The van der Waals surface area contributed by atoms with Gasteiger partial charge in [-0.3, -0.25) is 9.59 Å². The molecule has 0 aliphatic heterocycles. The van der Waals surface area contributed by atoms with Crippen LogP contribution in [0.2, 0.25) is 0 Å². The van der Waals surface area contributed by atoms with Crippen molar-refractivity contribution >= 4 is 23.2 Å². The molecular formula is C10H11F2NO4S. The van der Waals surface area contributed by atoms with Gasteiger partial charge in [-0.05, 0) is 18.4 Å². The molecule has 1 aromatic heterocycles. The maximum atomic E-state index is 12.0. The number of nitrogens with one attached hydrogen (secondary N) is 1. The molecule has 0 radical (unpaired) electrons. The van der Waals surface area contributed by atoms with Crippen molar-refractivity contribution in [1.82, 2.24) is 5.32 Å². The van der Waals surface area contributed by atoms with E-state index in [0.717, 1.165) is 11.3 Å². The van der Waals surface area contributed by atoms with Crippen LogP contribution in [-0.4, -0.2) is 29.6 Å². The van der Waals surface area contributed by atoms with Gasteiger partial charge in [0.05, 0.1) is 6.42 Å². The van der Waals surface area contributed by atoms with Crippen LogP contribution in [-0.2, 0) is 4.79 Å². The minimum absolute atomic E-state index is 0.00691. The lowest BCUT2D eigenvalue weighted by Gasteiger charge is -2.11. The minimum Gasteiger partial charge on any atom is -0.481 e. The molecule has 5 nitrogen and oxygen atoms in total. The lowest BCUT2D eigenvalue weighted by Crippen LogP contribution is -2.34. The molecule has 1 heterocycles. The van der Waals surface area contributed by atoms with Gasteiger partial charge in [0.15, 0.2) is 0 Å². The van der Waals surface area contributed by atoms with E-state index in [9.17, 15) is 18.4 Å². The molecule has 0 aliphatic carbocycles. The van der Waals surface area contributed by atoms with Crippen LogP contribution >= 0.6 is 11.3 Å². The number of carboxylic acid groups (broad SMARTS) is 1. The highest BCUT2D eigenvalue weighted by molar-refractivity contribution is 7.12. The van der Waals surface area contributed by atoms with Gasteiger partial charge in [0.2, 0.25) is 0 Å². The quantitative estimate of drug-likeness (QED) is 0.834. The lowest BCUT2D eigenvalue weighted by atomic mass is 10.2. The Morgan fingerprint density at radius 3 is 2.78 bits per heavy atom. The highest BCUT2D eigenvalue weighted by Gasteiger charge is 2.19. The van der Waals surface area contributed by atoms with Crippen LogP contribution in [0.4, 0.5) is 8.78 Å². The predicted octanol–water partition coefficient (Wildman–Crippen LogP) is 1.94. The van der Waals surface area contributed by atoms with E-state index >= 15 is 0 Å². The van der Waals surface area contributed by atoms with Gasteiger partial charge in [0.1, 0.15) is 10.6 Å². The van der Waals surface area contributed by atoms with Crippen molar-refractivity contribution in [3.05, 3.63) is 16.3 Å². The van der Waals surface area contributed by atoms with Crippen LogP contribution in [0.5, 0.6) is 5.75 Å². The smallest absolute Gasteiger partial charge is 0.387 e. The third-order valence-electron chi connectivity index (χ3n) is 1.91. The molecule has 100 valence electrons. The van der Waals surface area contributed by atoms with E-state index < -0.39 is 24.5 Å². The summed E-state index contributed by atoms with van der Waals surface area (Å²) in [6.07, 6.45) is -0.248. The molecule has 1 rings (SSSR count). The topological polar surface area (TPSA) is 75.6 Å². The zero-order valence-electron chi connectivity index (χ0n) is 9.35. The van der Waals surface area contributed by atoms with Crippen molar-refractivity contribution in [2.75, 3.05) is 0 Å². The number of amides is 1. The average molecular weight is 279 g/mol. The first-order chi connectivity index (χ1) is 8.40. The molecule has 1 atom stereocenters. The number of alkyl halides is 2. The molecule has 0 spiro atoms. The molecule has 0 saturated heterocycles. The third kappa shape index (κ3) is 4.28. The standard InChI is InChI=1S/C10H11F2NO4S/c1-5(4-7(14)15)13-9(16)8-6(2-3-18-8)17-10(11)12/h2-3,5,10H,4H2,1H3,(H,13,16)(H,14,15). The number of ether oxygens (including phenoxy) is 1. The van der Waals surface area contributed by atoms with Crippen molar-refractivity contribution in [2.24, 2.45) is 0 Å². The third-order valence-corrected chi connectivity index (χ3v) is 2.80. The number of halogens is 2. The number of hydrogen-bond acceptors (Lipinski definition) is 4. The van der Waals surface area contributed by atoms with Gasteiger partial charge in [0.25, 0.3) is 5.91 Å². The number of aliphatic carboxylic acids is 1. The molecule has 2 N–H and O–H groups in total. The van der Waals surface area contributed by atoms with Gasteiger partial charge in [-0.2, -0.15) is 8.78 Å². The number of carboxylic acids is 1. The number of carbonyl (C=O) groups is 2. The molecular weight excluding hydrogens is 268 g/mol. The summed E-state index contributed by atoms with van der Waals surface area (Å²) in [6.45, 7) is -1.50. The lowest BCUT2D eigenvalue weighted by molar-refractivity contribution is -0.137. The Balaban J connectivity index is 2.66. The summed E-state index contributed by atoms with van der Waals surface area (Å²) in [5.41, 5.74) is 0. The van der Waals surface area contributed by atoms with E-state index in [2.05, 4.69) is 10.1 Å². The second-order valence-electron chi connectivity index (χ2n) is 3.46. The van der Waals surface area contributed by atoms with Gasteiger partial charge in [-0.25, -0.2) is 0 Å². The zero-order chi connectivity index (χ0) is 13.7. The summed E-state index contributed by atoms with van der Waals surface area (Å²) < 4.78 is 28.3. The Hall–Kier alpha value is -1.70. The number of hydrogen-bond donors (Lipinski definition) is 2. The van der Waals surface area contributed by atoms with Gasteiger partial charge in [-0.1, -0.05) is 0 Å². The first-order valence-electron chi connectivity index (χ1n) is 4.95. The van der Waals surface area contributed by atoms with Gasteiger partial charge in [-0.15, -0.1) is 11.3 Å². The Bertz CT molecular complexity index is 435. The highest BCUT2D eigenvalue weighted by Crippen LogP contribution is 2.26. The van der Waals surface area contributed by atoms with E-state index in [0.29, 0.717) is 0 Å². The van der Waals surface area contributed by atoms with Crippen LogP contribution in [0.25, 0.3) is 0 Å². The van der Waals surface area contributed by atoms with Crippen LogP contribution in [0, 0.1) is 0 Å². The Morgan fingerprint density at radius 1 is 1.56 bits per heavy atom. The van der Waals surface area contributed by atoms with E-state index in [1.165, 1.54) is 18.4 Å². The monoisotopic (exact) mass is 279 g/mol. The summed E-state index contributed by atoms with van der Waals surface area (Å²) in [5.74, 6) is -1.90. The first kappa shape index (κ1) is 14.4. The SMILES string of the molecule is CC(CC(=O)O)NC(=O)c1sccc1OC(F)F. The molecule has 0 fully saturated rings. The zero-order valence-corrected chi connectivity index (χ0v) is 10.2. The fourth-order valence-electron chi connectivity index (χ4n) is 1.25. The average Bonchev–Trinajstić information content (AvgIpc) is 2.62. The van der Waals surface area contributed by atoms with E-state index in [-0.39, 0.29) is 17.0 Å². The fraction of sp³-hybridized carbons (Fsp3) is 0.400. The molecule has 0 aliphatic rings. The molecule has 0 saturated carbocycles. The largest absolute Gasteiger partial charge is 0.481 e. The number of thiophene rings is 1. The van der Waals surface area contributed by atoms with E-state index in [4.69, 9.17) is 5.11 Å². The minimum atomic E-state index is -3.01. The Kier molecular flexibility index (Phi) is 5.02. The summed E-state index contributed by atoms with van der Waals surface area (Å²) >= 11 is 0.943. The molecule has 1 amide bonds. The highest BCUT2D eigenvalue weighted by atomic mass is 32.1. The van der Waals surface area contributed by atoms with Crippen molar-refractivity contribution in [2.45, 2.75) is 26.0 Å². The second kappa shape index (κ2) is 6.29. The van der Waals surface area contributed by atoms with E-state index in [1.807, 2.05) is 0 Å². The fourth-order valence-corrected chi connectivity index (χ4v) is 1.98. The van der Waals surface area contributed by atoms with Crippen molar-refractivity contribution < 1.29 is 28.2 Å². The van der Waals surface area contributed by atoms with Gasteiger partial charge in [0, 0.05) is 6.04 Å². The molecule has 0 bridgehead atoms. The van der Waals surface area contributed by atoms with Gasteiger partial charge >= 0.3 is 12.6 Å². The van der Waals surface area contributed by atoms with Crippen molar-refractivity contribution in [1.29, 1.82) is 0 Å². The van der Waals surface area contributed by atoms with Crippen LogP contribution in [0.3, 0.4) is 0 Å².